The average molecular weight is 261 g/mol. The third-order valence-corrected chi connectivity index (χ3v) is 3.41. The van der Waals surface area contributed by atoms with Gasteiger partial charge in [-0.3, -0.25) is 4.90 Å². The van der Waals surface area contributed by atoms with Crippen molar-refractivity contribution in [2.45, 2.75) is 25.5 Å². The van der Waals surface area contributed by atoms with Gasteiger partial charge in [0.05, 0.1) is 6.10 Å². The molecular weight excluding hydrogens is 242 g/mol. The Balaban J connectivity index is 2.05. The molecule has 1 heterocycles. The Kier molecular flexibility index (Phi) is 4.71. The maximum Gasteiger partial charge on any atom is 0.328 e. The Labute approximate surface area is 113 Å². The first-order chi connectivity index (χ1) is 9.15. The number of hydrogen-bond donors (Lipinski definition) is 2. The summed E-state index contributed by atoms with van der Waals surface area (Å²) in [6, 6.07) is 7.82. The number of carboxylic acids is 1. The zero-order valence-electron chi connectivity index (χ0n) is 10.8. The molecule has 0 unspecified atom stereocenters. The lowest BCUT2D eigenvalue weighted by Crippen LogP contribution is -2.35. The van der Waals surface area contributed by atoms with Crippen molar-refractivity contribution in [1.29, 1.82) is 0 Å². The summed E-state index contributed by atoms with van der Waals surface area (Å²) in [5, 5.41) is 18.2. The summed E-state index contributed by atoms with van der Waals surface area (Å²) in [5.41, 5.74) is 2.06. The van der Waals surface area contributed by atoms with E-state index in [1.165, 1.54) is 6.08 Å². The molecule has 0 aliphatic carbocycles. The van der Waals surface area contributed by atoms with Gasteiger partial charge in [-0.1, -0.05) is 24.3 Å². The molecule has 0 aromatic heterocycles. The highest BCUT2D eigenvalue weighted by atomic mass is 16.4. The van der Waals surface area contributed by atoms with Crippen LogP contribution >= 0.6 is 0 Å². The molecule has 1 aliphatic rings. The lowest BCUT2D eigenvalue weighted by molar-refractivity contribution is -0.131. The van der Waals surface area contributed by atoms with Crippen molar-refractivity contribution in [3.05, 3.63) is 41.5 Å². The van der Waals surface area contributed by atoms with Gasteiger partial charge in [-0.25, -0.2) is 4.79 Å². The van der Waals surface area contributed by atoms with E-state index in [4.69, 9.17) is 5.11 Å². The van der Waals surface area contributed by atoms with Gasteiger partial charge < -0.3 is 10.2 Å². The fourth-order valence-corrected chi connectivity index (χ4v) is 2.32. The highest BCUT2D eigenvalue weighted by Crippen LogP contribution is 2.17. The number of hydrogen-bond acceptors (Lipinski definition) is 3. The van der Waals surface area contributed by atoms with E-state index in [0.29, 0.717) is 0 Å². The van der Waals surface area contributed by atoms with Crippen LogP contribution in [-0.4, -0.2) is 40.3 Å². The van der Waals surface area contributed by atoms with Crippen molar-refractivity contribution >= 4 is 12.0 Å². The lowest BCUT2D eigenvalue weighted by Gasteiger charge is -2.29. The molecule has 1 aliphatic heterocycles. The quantitative estimate of drug-likeness (QED) is 0.810. The Bertz CT molecular complexity index is 462. The topological polar surface area (TPSA) is 60.8 Å². The molecule has 4 nitrogen and oxygen atoms in total. The highest BCUT2D eigenvalue weighted by Gasteiger charge is 2.17. The van der Waals surface area contributed by atoms with Crippen LogP contribution < -0.4 is 0 Å². The standard InChI is InChI=1S/C15H19NO3/c17-14-7-9-16(10-8-14)11-13-4-2-1-3-12(13)5-6-15(18)19/h1-6,14,17H,7-11H2,(H,18,19)/b6-5+. The summed E-state index contributed by atoms with van der Waals surface area (Å²) in [6.07, 6.45) is 4.26. The number of rotatable bonds is 4. The van der Waals surface area contributed by atoms with Crippen molar-refractivity contribution in [3.8, 4) is 0 Å². The number of nitrogens with zero attached hydrogens (tertiary/aromatic N) is 1. The molecule has 1 aromatic carbocycles. The van der Waals surface area contributed by atoms with E-state index in [1.54, 1.807) is 6.08 Å². The Morgan fingerprint density at radius 1 is 1.32 bits per heavy atom. The molecule has 0 radical (unpaired) electrons. The molecule has 2 rings (SSSR count). The molecule has 1 saturated heterocycles. The number of aliphatic hydroxyl groups is 1. The van der Waals surface area contributed by atoms with Crippen molar-refractivity contribution in [1.82, 2.24) is 4.90 Å². The Hall–Kier alpha value is -1.65. The molecule has 19 heavy (non-hydrogen) atoms. The summed E-state index contributed by atoms with van der Waals surface area (Å²) in [4.78, 5) is 12.9. The summed E-state index contributed by atoms with van der Waals surface area (Å²) in [6.45, 7) is 2.57. The lowest BCUT2D eigenvalue weighted by atomic mass is 10.0. The van der Waals surface area contributed by atoms with Crippen LogP contribution in [0.5, 0.6) is 0 Å². The number of carbonyl (C=O) groups is 1. The third-order valence-electron chi connectivity index (χ3n) is 3.41. The van der Waals surface area contributed by atoms with Gasteiger partial charge in [0.2, 0.25) is 0 Å². The van der Waals surface area contributed by atoms with Crippen LogP contribution in [0.3, 0.4) is 0 Å². The van der Waals surface area contributed by atoms with Crippen molar-refractivity contribution in [3.63, 3.8) is 0 Å². The van der Waals surface area contributed by atoms with E-state index in [9.17, 15) is 9.90 Å². The Morgan fingerprint density at radius 2 is 2.00 bits per heavy atom. The van der Waals surface area contributed by atoms with Crippen molar-refractivity contribution < 1.29 is 15.0 Å². The van der Waals surface area contributed by atoms with Crippen LogP contribution in [0.25, 0.3) is 6.08 Å². The first kappa shape index (κ1) is 13.8. The van der Waals surface area contributed by atoms with Gasteiger partial charge in [0, 0.05) is 25.7 Å². The second-order valence-corrected chi connectivity index (χ2v) is 4.88. The number of aliphatic carboxylic acids is 1. The van der Waals surface area contributed by atoms with Gasteiger partial charge in [0.15, 0.2) is 0 Å². The highest BCUT2D eigenvalue weighted by molar-refractivity contribution is 5.85. The van der Waals surface area contributed by atoms with Gasteiger partial charge in [-0.05, 0) is 30.0 Å². The summed E-state index contributed by atoms with van der Waals surface area (Å²) < 4.78 is 0. The van der Waals surface area contributed by atoms with Crippen molar-refractivity contribution in [2.24, 2.45) is 0 Å². The molecule has 0 atom stereocenters. The van der Waals surface area contributed by atoms with Crippen LogP contribution in [0.4, 0.5) is 0 Å². The van der Waals surface area contributed by atoms with Crippen LogP contribution in [0.15, 0.2) is 30.3 Å². The zero-order chi connectivity index (χ0) is 13.7. The molecule has 0 spiro atoms. The average Bonchev–Trinajstić information content (AvgIpc) is 2.40. The van der Waals surface area contributed by atoms with E-state index < -0.39 is 5.97 Å². The summed E-state index contributed by atoms with van der Waals surface area (Å²) in [7, 11) is 0. The fourth-order valence-electron chi connectivity index (χ4n) is 2.32. The monoisotopic (exact) mass is 261 g/mol. The normalized spacial score (nSPS) is 17.9. The van der Waals surface area contributed by atoms with Gasteiger partial charge in [-0.15, -0.1) is 0 Å². The number of benzene rings is 1. The second-order valence-electron chi connectivity index (χ2n) is 4.88. The Morgan fingerprint density at radius 3 is 2.68 bits per heavy atom. The van der Waals surface area contributed by atoms with Crippen molar-refractivity contribution in [2.75, 3.05) is 13.1 Å². The number of likely N-dealkylation sites (tertiary alicyclic amines) is 1. The first-order valence-electron chi connectivity index (χ1n) is 6.54. The molecule has 0 amide bonds. The number of aliphatic hydroxyl groups excluding tert-OH is 1. The maximum atomic E-state index is 10.6. The van der Waals surface area contributed by atoms with E-state index in [-0.39, 0.29) is 6.10 Å². The molecule has 4 heteroatoms. The third kappa shape index (κ3) is 4.19. The molecule has 1 aromatic rings. The van der Waals surface area contributed by atoms with Crippen LogP contribution in [0.1, 0.15) is 24.0 Å². The zero-order valence-corrected chi connectivity index (χ0v) is 10.8. The van der Waals surface area contributed by atoms with Gasteiger partial charge >= 0.3 is 5.97 Å². The van der Waals surface area contributed by atoms with Crippen LogP contribution in [-0.2, 0) is 11.3 Å². The predicted molar refractivity (Wildman–Crippen MR) is 73.6 cm³/mol. The van der Waals surface area contributed by atoms with Gasteiger partial charge in [0.25, 0.3) is 0 Å². The number of piperidine rings is 1. The van der Waals surface area contributed by atoms with E-state index in [2.05, 4.69) is 4.90 Å². The molecule has 1 fully saturated rings. The minimum absolute atomic E-state index is 0.168. The maximum absolute atomic E-state index is 10.6. The van der Waals surface area contributed by atoms with Gasteiger partial charge in [-0.2, -0.15) is 0 Å². The van der Waals surface area contributed by atoms with Crippen LogP contribution in [0, 0.1) is 0 Å². The van der Waals surface area contributed by atoms with E-state index in [0.717, 1.165) is 43.6 Å². The summed E-state index contributed by atoms with van der Waals surface area (Å²) >= 11 is 0. The SMILES string of the molecule is O=C(O)/C=C/c1ccccc1CN1CCC(O)CC1. The summed E-state index contributed by atoms with van der Waals surface area (Å²) in [5.74, 6) is -0.934. The minimum atomic E-state index is -0.934. The van der Waals surface area contributed by atoms with Gasteiger partial charge in [0.1, 0.15) is 0 Å². The largest absolute Gasteiger partial charge is 0.478 e. The predicted octanol–water partition coefficient (Wildman–Crippen LogP) is 1.74. The van der Waals surface area contributed by atoms with E-state index in [1.807, 2.05) is 24.3 Å². The first-order valence-corrected chi connectivity index (χ1v) is 6.54. The fraction of sp³-hybridized carbons (Fsp3) is 0.400. The molecule has 0 bridgehead atoms. The van der Waals surface area contributed by atoms with E-state index >= 15 is 0 Å². The van der Waals surface area contributed by atoms with Crippen LogP contribution in [0.2, 0.25) is 0 Å². The minimum Gasteiger partial charge on any atom is -0.478 e. The molecular formula is C15H19NO3. The number of carboxylic acid groups (broad SMARTS) is 1. The molecule has 102 valence electrons. The second kappa shape index (κ2) is 6.50. The molecule has 0 saturated carbocycles. The smallest absolute Gasteiger partial charge is 0.328 e. The molecule has 2 N–H and O–H groups in total.